The third-order valence-corrected chi connectivity index (χ3v) is 1.82. The summed E-state index contributed by atoms with van der Waals surface area (Å²) in [4.78, 5) is 0. The molecule has 1 rings (SSSR count). The maximum atomic E-state index is 12.6. The highest BCUT2D eigenvalue weighted by Crippen LogP contribution is 2.02. The molecule has 1 aromatic rings. The average Bonchev–Trinajstić information content (AvgIpc) is 2.06. The molecule has 0 aromatic heterocycles. The molecule has 0 aliphatic carbocycles. The van der Waals surface area contributed by atoms with Crippen molar-refractivity contribution >= 4 is 24.8 Å². The van der Waals surface area contributed by atoms with E-state index in [0.717, 1.165) is 18.7 Å². The minimum Gasteiger partial charge on any atom is -0.324 e. The van der Waals surface area contributed by atoms with Crippen molar-refractivity contribution in [3.8, 4) is 0 Å². The van der Waals surface area contributed by atoms with Crippen LogP contribution < -0.4 is 11.1 Å². The smallest absolute Gasteiger partial charge is 0.123 e. The molecule has 0 amide bonds. The summed E-state index contributed by atoms with van der Waals surface area (Å²) in [7, 11) is 0. The van der Waals surface area contributed by atoms with Gasteiger partial charge in [0, 0.05) is 18.6 Å². The molecule has 0 radical (unpaired) electrons. The molecule has 0 unspecified atom stereocenters. The monoisotopic (exact) mass is 268 g/mol. The summed E-state index contributed by atoms with van der Waals surface area (Å²) in [6.07, 6.45) is 0. The Labute approximate surface area is 109 Å². The molecule has 0 saturated carbocycles. The maximum Gasteiger partial charge on any atom is 0.123 e. The highest BCUT2D eigenvalue weighted by Gasteiger charge is 2.08. The zero-order valence-electron chi connectivity index (χ0n) is 9.50. The number of rotatable bonds is 4. The van der Waals surface area contributed by atoms with Gasteiger partial charge in [0.15, 0.2) is 0 Å². The van der Waals surface area contributed by atoms with Crippen molar-refractivity contribution in [1.29, 1.82) is 0 Å². The van der Waals surface area contributed by atoms with Gasteiger partial charge in [-0.2, -0.15) is 0 Å². The van der Waals surface area contributed by atoms with E-state index < -0.39 is 0 Å². The summed E-state index contributed by atoms with van der Waals surface area (Å²) in [5, 5.41) is 3.21. The maximum absolute atomic E-state index is 12.6. The summed E-state index contributed by atoms with van der Waals surface area (Å²) >= 11 is 0. The van der Waals surface area contributed by atoms with Gasteiger partial charge in [-0.15, -0.1) is 24.8 Å². The van der Waals surface area contributed by atoms with E-state index in [9.17, 15) is 4.39 Å². The first-order chi connectivity index (χ1) is 6.47. The van der Waals surface area contributed by atoms with Gasteiger partial charge in [0.25, 0.3) is 0 Å². The Morgan fingerprint density at radius 1 is 1.19 bits per heavy atom. The molecule has 0 fully saturated rings. The fraction of sp³-hybridized carbons (Fsp3) is 0.455. The topological polar surface area (TPSA) is 38.0 Å². The summed E-state index contributed by atoms with van der Waals surface area (Å²) < 4.78 is 12.6. The molecule has 2 nitrogen and oxygen atoms in total. The first kappa shape index (κ1) is 18.0. The first-order valence-corrected chi connectivity index (χ1v) is 4.71. The molecule has 0 heterocycles. The lowest BCUT2D eigenvalue weighted by molar-refractivity contribution is 0.466. The SMILES string of the molecule is CC(C)(N)CNCc1ccc(F)cc1.Cl.Cl. The molecule has 1 aromatic carbocycles. The Morgan fingerprint density at radius 3 is 2.12 bits per heavy atom. The van der Waals surface area contributed by atoms with E-state index in [0.29, 0.717) is 0 Å². The molecule has 3 N–H and O–H groups in total. The predicted molar refractivity (Wildman–Crippen MR) is 70.9 cm³/mol. The molecule has 0 aliphatic heterocycles. The second-order valence-corrected chi connectivity index (χ2v) is 4.22. The van der Waals surface area contributed by atoms with Gasteiger partial charge in [0.2, 0.25) is 0 Å². The van der Waals surface area contributed by atoms with Crippen LogP contribution in [0.15, 0.2) is 24.3 Å². The zero-order chi connectivity index (χ0) is 10.6. The van der Waals surface area contributed by atoms with Crippen molar-refractivity contribution in [2.75, 3.05) is 6.54 Å². The van der Waals surface area contributed by atoms with Crippen molar-refractivity contribution in [2.45, 2.75) is 25.9 Å². The van der Waals surface area contributed by atoms with Gasteiger partial charge in [0.1, 0.15) is 5.82 Å². The van der Waals surface area contributed by atoms with Crippen LogP contribution in [0.2, 0.25) is 0 Å². The lowest BCUT2D eigenvalue weighted by atomic mass is 10.1. The van der Waals surface area contributed by atoms with E-state index in [1.807, 2.05) is 13.8 Å². The average molecular weight is 269 g/mol. The summed E-state index contributed by atoms with van der Waals surface area (Å²) in [6, 6.07) is 6.47. The molecule has 5 heteroatoms. The summed E-state index contributed by atoms with van der Waals surface area (Å²) in [6.45, 7) is 5.39. The predicted octanol–water partition coefficient (Wildman–Crippen LogP) is 2.50. The number of nitrogens with two attached hydrogens (primary N) is 1. The second kappa shape index (κ2) is 7.85. The van der Waals surface area contributed by atoms with Crippen molar-refractivity contribution < 1.29 is 4.39 Å². The Balaban J connectivity index is 0. The Bertz CT molecular complexity index is 283. The van der Waals surface area contributed by atoms with Gasteiger partial charge in [-0.3, -0.25) is 0 Å². The Kier molecular flexibility index (Phi) is 8.84. The molecule has 16 heavy (non-hydrogen) atoms. The Hall–Kier alpha value is -0.350. The van der Waals surface area contributed by atoms with Crippen molar-refractivity contribution in [2.24, 2.45) is 5.73 Å². The second-order valence-electron chi connectivity index (χ2n) is 4.22. The molecule has 0 aliphatic rings. The third kappa shape index (κ3) is 7.88. The quantitative estimate of drug-likeness (QED) is 0.881. The van der Waals surface area contributed by atoms with Crippen molar-refractivity contribution in [3.63, 3.8) is 0 Å². The van der Waals surface area contributed by atoms with E-state index in [2.05, 4.69) is 5.32 Å². The van der Waals surface area contributed by atoms with Gasteiger partial charge in [-0.1, -0.05) is 12.1 Å². The van der Waals surface area contributed by atoms with Gasteiger partial charge in [-0.05, 0) is 31.5 Å². The number of hydrogen-bond acceptors (Lipinski definition) is 2. The number of hydrogen-bond donors (Lipinski definition) is 2. The van der Waals surface area contributed by atoms with Crippen LogP contribution in [0.3, 0.4) is 0 Å². The van der Waals surface area contributed by atoms with Gasteiger partial charge < -0.3 is 11.1 Å². The molecular weight excluding hydrogens is 250 g/mol. The van der Waals surface area contributed by atoms with E-state index in [1.165, 1.54) is 12.1 Å². The molecule has 0 spiro atoms. The third-order valence-electron chi connectivity index (χ3n) is 1.82. The van der Waals surface area contributed by atoms with Crippen LogP contribution in [0.25, 0.3) is 0 Å². The van der Waals surface area contributed by atoms with Gasteiger partial charge in [0.05, 0.1) is 0 Å². The van der Waals surface area contributed by atoms with Gasteiger partial charge in [-0.25, -0.2) is 4.39 Å². The van der Waals surface area contributed by atoms with Crippen LogP contribution in [0.1, 0.15) is 19.4 Å². The van der Waals surface area contributed by atoms with E-state index in [1.54, 1.807) is 12.1 Å². The summed E-state index contributed by atoms with van der Waals surface area (Å²) in [5.41, 5.74) is 6.66. The fourth-order valence-corrected chi connectivity index (χ4v) is 1.13. The Morgan fingerprint density at radius 2 is 1.69 bits per heavy atom. The van der Waals surface area contributed by atoms with Crippen molar-refractivity contribution in [3.05, 3.63) is 35.6 Å². The first-order valence-electron chi connectivity index (χ1n) is 4.71. The molecule has 0 bridgehead atoms. The lowest BCUT2D eigenvalue weighted by Crippen LogP contribution is -2.42. The zero-order valence-corrected chi connectivity index (χ0v) is 11.1. The highest BCUT2D eigenvalue weighted by molar-refractivity contribution is 5.85. The minimum atomic E-state index is -0.208. The summed E-state index contributed by atoms with van der Waals surface area (Å²) in [5.74, 6) is -0.201. The molecule has 0 saturated heterocycles. The van der Waals surface area contributed by atoms with Crippen molar-refractivity contribution in [1.82, 2.24) is 5.32 Å². The van der Waals surface area contributed by atoms with Gasteiger partial charge >= 0.3 is 0 Å². The van der Waals surface area contributed by atoms with Crippen LogP contribution >= 0.6 is 24.8 Å². The van der Waals surface area contributed by atoms with E-state index in [-0.39, 0.29) is 36.2 Å². The fourth-order valence-electron chi connectivity index (χ4n) is 1.13. The minimum absolute atomic E-state index is 0. The molecule has 94 valence electrons. The highest BCUT2D eigenvalue weighted by atomic mass is 35.5. The van der Waals surface area contributed by atoms with E-state index >= 15 is 0 Å². The van der Waals surface area contributed by atoms with Crippen LogP contribution in [0, 0.1) is 5.82 Å². The molecular formula is C11H19Cl2FN2. The number of benzene rings is 1. The normalized spacial score (nSPS) is 10.2. The largest absolute Gasteiger partial charge is 0.324 e. The van der Waals surface area contributed by atoms with Crippen LogP contribution in [-0.2, 0) is 6.54 Å². The molecule has 0 atom stereocenters. The number of nitrogens with one attached hydrogen (secondary N) is 1. The standard InChI is InChI=1S/C11H17FN2.2ClH/c1-11(2,13)8-14-7-9-3-5-10(12)6-4-9;;/h3-6,14H,7-8,13H2,1-2H3;2*1H. The van der Waals surface area contributed by atoms with Crippen LogP contribution in [0.5, 0.6) is 0 Å². The number of halogens is 3. The lowest BCUT2D eigenvalue weighted by Gasteiger charge is -2.18. The van der Waals surface area contributed by atoms with Crippen LogP contribution in [-0.4, -0.2) is 12.1 Å². The van der Waals surface area contributed by atoms with E-state index in [4.69, 9.17) is 5.73 Å². The van der Waals surface area contributed by atoms with Crippen LogP contribution in [0.4, 0.5) is 4.39 Å².